The van der Waals surface area contributed by atoms with Crippen molar-refractivity contribution in [2.45, 2.75) is 13.3 Å². The van der Waals surface area contributed by atoms with E-state index in [2.05, 4.69) is 14.8 Å². The molecule has 0 spiro atoms. The maximum Gasteiger partial charge on any atom is 0.354 e. The van der Waals surface area contributed by atoms with Crippen LogP contribution in [-0.2, 0) is 25.5 Å². The predicted octanol–water partition coefficient (Wildman–Crippen LogP) is 1.60. The molecule has 0 amide bonds. The van der Waals surface area contributed by atoms with Crippen LogP contribution in [0.4, 0.5) is 5.69 Å². The number of aromatic hydroxyl groups is 1. The highest BCUT2D eigenvalue weighted by Gasteiger charge is 2.14. The van der Waals surface area contributed by atoms with Gasteiger partial charge < -0.3 is 19.9 Å². The number of anilines is 1. The zero-order valence-corrected chi connectivity index (χ0v) is 11.6. The van der Waals surface area contributed by atoms with Crippen LogP contribution < -0.4 is 5.32 Å². The summed E-state index contributed by atoms with van der Waals surface area (Å²) in [6.45, 7) is 1.96. The van der Waals surface area contributed by atoms with Crippen LogP contribution in [0, 0.1) is 0 Å². The van der Waals surface area contributed by atoms with E-state index in [-0.39, 0.29) is 11.4 Å². The molecule has 108 valence electrons. The lowest BCUT2D eigenvalue weighted by Crippen LogP contribution is -2.15. The first-order valence-electron chi connectivity index (χ1n) is 5.98. The fourth-order valence-electron chi connectivity index (χ4n) is 1.48. The molecule has 0 heterocycles. The number of hydrogen-bond acceptors (Lipinski definition) is 6. The van der Waals surface area contributed by atoms with Gasteiger partial charge in [0.25, 0.3) is 0 Å². The van der Waals surface area contributed by atoms with Crippen molar-refractivity contribution in [3.8, 4) is 5.75 Å². The standard InChI is InChI=1S/C14H17NO5/c1-4-9-5-6-10(12(16)7-9)15-11(14(18)20-3)8-13(17)19-2/h5-8,15-16H,4H2,1-3H3/b11-8+. The minimum absolute atomic E-state index is 0.0241. The van der Waals surface area contributed by atoms with Gasteiger partial charge in [0, 0.05) is 0 Å². The fraction of sp³-hybridized carbons (Fsp3) is 0.286. The maximum absolute atomic E-state index is 11.6. The molecular formula is C14H17NO5. The quantitative estimate of drug-likeness (QED) is 0.484. The molecular weight excluding hydrogens is 262 g/mol. The van der Waals surface area contributed by atoms with Crippen molar-refractivity contribution in [3.63, 3.8) is 0 Å². The molecule has 20 heavy (non-hydrogen) atoms. The normalized spacial score (nSPS) is 10.8. The third-order valence-electron chi connectivity index (χ3n) is 2.61. The van der Waals surface area contributed by atoms with Crippen LogP contribution in [0.1, 0.15) is 12.5 Å². The third-order valence-corrected chi connectivity index (χ3v) is 2.61. The molecule has 1 rings (SSSR count). The van der Waals surface area contributed by atoms with E-state index in [9.17, 15) is 14.7 Å². The summed E-state index contributed by atoms with van der Waals surface area (Å²) in [4.78, 5) is 22.8. The van der Waals surface area contributed by atoms with E-state index in [0.29, 0.717) is 5.69 Å². The highest BCUT2D eigenvalue weighted by molar-refractivity contribution is 5.99. The molecule has 0 aliphatic carbocycles. The van der Waals surface area contributed by atoms with Gasteiger partial charge in [-0.25, -0.2) is 9.59 Å². The Bertz CT molecular complexity index is 536. The molecule has 0 atom stereocenters. The molecule has 0 unspecified atom stereocenters. The topological polar surface area (TPSA) is 84.9 Å². The second-order valence-electron chi connectivity index (χ2n) is 3.90. The number of hydrogen-bond donors (Lipinski definition) is 2. The summed E-state index contributed by atoms with van der Waals surface area (Å²) in [6.07, 6.45) is 1.73. The largest absolute Gasteiger partial charge is 0.506 e. The smallest absolute Gasteiger partial charge is 0.354 e. The van der Waals surface area contributed by atoms with Gasteiger partial charge in [-0.3, -0.25) is 0 Å². The van der Waals surface area contributed by atoms with E-state index in [1.165, 1.54) is 14.2 Å². The van der Waals surface area contributed by atoms with Crippen LogP contribution in [0.3, 0.4) is 0 Å². The lowest BCUT2D eigenvalue weighted by molar-refractivity contribution is -0.138. The number of esters is 2. The van der Waals surface area contributed by atoms with Gasteiger partial charge in [-0.05, 0) is 24.1 Å². The number of phenols is 1. The highest BCUT2D eigenvalue weighted by atomic mass is 16.5. The van der Waals surface area contributed by atoms with Gasteiger partial charge in [-0.1, -0.05) is 13.0 Å². The minimum atomic E-state index is -0.741. The third kappa shape index (κ3) is 4.01. The van der Waals surface area contributed by atoms with Gasteiger partial charge in [0.2, 0.25) is 0 Å². The first-order chi connectivity index (χ1) is 9.51. The average molecular weight is 279 g/mol. The highest BCUT2D eigenvalue weighted by Crippen LogP contribution is 2.26. The van der Waals surface area contributed by atoms with Crippen molar-refractivity contribution >= 4 is 17.6 Å². The molecule has 2 N–H and O–H groups in total. The van der Waals surface area contributed by atoms with Crippen molar-refractivity contribution in [1.29, 1.82) is 0 Å². The van der Waals surface area contributed by atoms with Crippen molar-refractivity contribution < 1.29 is 24.2 Å². The lowest BCUT2D eigenvalue weighted by atomic mass is 10.1. The Morgan fingerprint density at radius 2 is 2.00 bits per heavy atom. The van der Waals surface area contributed by atoms with Crippen LogP contribution >= 0.6 is 0 Å². The van der Waals surface area contributed by atoms with Gasteiger partial charge in [0.05, 0.1) is 26.0 Å². The fourth-order valence-corrected chi connectivity index (χ4v) is 1.48. The van der Waals surface area contributed by atoms with E-state index in [4.69, 9.17) is 0 Å². The molecule has 0 aliphatic rings. The monoisotopic (exact) mass is 279 g/mol. The summed E-state index contributed by atoms with van der Waals surface area (Å²) >= 11 is 0. The predicted molar refractivity (Wildman–Crippen MR) is 73.2 cm³/mol. The Morgan fingerprint density at radius 3 is 2.50 bits per heavy atom. The van der Waals surface area contributed by atoms with E-state index in [1.807, 2.05) is 6.92 Å². The van der Waals surface area contributed by atoms with Crippen LogP contribution in [0.15, 0.2) is 30.0 Å². The summed E-state index contributed by atoms with van der Waals surface area (Å²) in [7, 11) is 2.39. The van der Waals surface area contributed by atoms with Crippen molar-refractivity contribution in [1.82, 2.24) is 0 Å². The van der Waals surface area contributed by atoms with Gasteiger partial charge >= 0.3 is 11.9 Å². The number of nitrogens with one attached hydrogen (secondary N) is 1. The Balaban J connectivity index is 3.04. The second kappa shape index (κ2) is 7.18. The molecule has 0 saturated carbocycles. The zero-order valence-electron chi connectivity index (χ0n) is 11.6. The summed E-state index contributed by atoms with van der Waals surface area (Å²) < 4.78 is 9.01. The molecule has 0 bridgehead atoms. The Kier molecular flexibility index (Phi) is 5.58. The minimum Gasteiger partial charge on any atom is -0.506 e. The van der Waals surface area contributed by atoms with Gasteiger partial charge in [0.1, 0.15) is 11.4 Å². The van der Waals surface area contributed by atoms with E-state index in [1.54, 1.807) is 18.2 Å². The van der Waals surface area contributed by atoms with E-state index < -0.39 is 11.9 Å². The molecule has 0 fully saturated rings. The van der Waals surface area contributed by atoms with Gasteiger partial charge in [-0.15, -0.1) is 0 Å². The number of methoxy groups -OCH3 is 2. The first kappa shape index (κ1) is 15.6. The number of phenolic OH excluding ortho intramolecular Hbond substituents is 1. The molecule has 0 saturated heterocycles. The lowest BCUT2D eigenvalue weighted by Gasteiger charge is -2.11. The Hall–Kier alpha value is -2.50. The molecule has 6 heteroatoms. The van der Waals surface area contributed by atoms with Crippen LogP contribution in [0.25, 0.3) is 0 Å². The summed E-state index contributed by atoms with van der Waals surface area (Å²) in [5.74, 6) is -1.47. The van der Waals surface area contributed by atoms with Crippen molar-refractivity contribution in [2.75, 3.05) is 19.5 Å². The molecule has 0 radical (unpaired) electrons. The van der Waals surface area contributed by atoms with Crippen molar-refractivity contribution in [3.05, 3.63) is 35.5 Å². The van der Waals surface area contributed by atoms with Gasteiger partial charge in [0.15, 0.2) is 0 Å². The summed E-state index contributed by atoms with van der Waals surface area (Å²) in [6, 6.07) is 4.99. The van der Waals surface area contributed by atoms with Crippen molar-refractivity contribution in [2.24, 2.45) is 0 Å². The van der Waals surface area contributed by atoms with Crippen LogP contribution in [0.2, 0.25) is 0 Å². The average Bonchev–Trinajstić information content (AvgIpc) is 2.47. The second-order valence-corrected chi connectivity index (χ2v) is 3.90. The number of carbonyl (C=O) groups is 2. The SMILES string of the molecule is CCc1ccc(N/C(=C/C(=O)OC)C(=O)OC)c(O)c1. The number of ether oxygens (including phenoxy) is 2. The maximum atomic E-state index is 11.6. The van der Waals surface area contributed by atoms with Crippen LogP contribution in [0.5, 0.6) is 5.75 Å². The van der Waals surface area contributed by atoms with E-state index >= 15 is 0 Å². The number of rotatable bonds is 5. The number of carbonyl (C=O) groups excluding carboxylic acids is 2. The zero-order chi connectivity index (χ0) is 15.1. The number of aryl methyl sites for hydroxylation is 1. The van der Waals surface area contributed by atoms with Crippen LogP contribution in [-0.4, -0.2) is 31.3 Å². The molecule has 1 aromatic carbocycles. The Labute approximate surface area is 117 Å². The summed E-state index contributed by atoms with van der Waals surface area (Å²) in [5.41, 5.74) is 1.12. The first-order valence-corrected chi connectivity index (χ1v) is 5.98. The van der Waals surface area contributed by atoms with E-state index in [0.717, 1.165) is 18.1 Å². The summed E-state index contributed by atoms with van der Waals surface area (Å²) in [5, 5.41) is 12.5. The van der Waals surface area contributed by atoms with Gasteiger partial charge in [-0.2, -0.15) is 0 Å². The number of benzene rings is 1. The molecule has 0 aromatic heterocycles. The Morgan fingerprint density at radius 1 is 1.30 bits per heavy atom. The molecule has 1 aromatic rings. The molecule has 0 aliphatic heterocycles. The molecule has 6 nitrogen and oxygen atoms in total.